The first-order chi connectivity index (χ1) is 15.2. The van der Waals surface area contributed by atoms with E-state index >= 15 is 0 Å². The molecule has 2 aromatic rings. The molecule has 1 fully saturated rings. The van der Waals surface area contributed by atoms with Crippen LogP contribution in [0.3, 0.4) is 0 Å². The molecule has 0 aromatic heterocycles. The zero-order valence-corrected chi connectivity index (χ0v) is 18.8. The van der Waals surface area contributed by atoms with Crippen LogP contribution in [0.4, 0.5) is 0 Å². The summed E-state index contributed by atoms with van der Waals surface area (Å²) in [5, 5.41) is 8.71. The van der Waals surface area contributed by atoms with E-state index in [1.807, 2.05) is 0 Å². The number of carbonyl (C=O) groups is 1. The monoisotopic (exact) mass is 423 g/mol. The van der Waals surface area contributed by atoms with Crippen LogP contribution >= 0.6 is 0 Å². The summed E-state index contributed by atoms with van der Waals surface area (Å²) in [6.07, 6.45) is 7.83. The fourth-order valence-corrected chi connectivity index (χ4v) is 4.33. The second-order valence-electron chi connectivity index (χ2n) is 8.62. The molecule has 2 aromatic carbocycles. The van der Waals surface area contributed by atoms with Gasteiger partial charge in [0, 0.05) is 19.5 Å². The second-order valence-corrected chi connectivity index (χ2v) is 8.62. The van der Waals surface area contributed by atoms with Gasteiger partial charge in [0.1, 0.15) is 6.10 Å². The Labute approximate surface area is 187 Å². The number of nitrogens with zero attached hydrogens (tertiary/aromatic N) is 1. The van der Waals surface area contributed by atoms with E-state index in [2.05, 4.69) is 66.4 Å². The van der Waals surface area contributed by atoms with Gasteiger partial charge in [-0.05, 0) is 55.3 Å². The lowest BCUT2D eigenvalue weighted by atomic mass is 9.98. The number of carboxylic acid groups (broad SMARTS) is 1. The van der Waals surface area contributed by atoms with Gasteiger partial charge >= 0.3 is 5.97 Å². The normalized spacial score (nSPS) is 16.3. The first-order valence-corrected chi connectivity index (χ1v) is 11.9. The number of ether oxygens (including phenoxy) is 1. The molecule has 168 valence electrons. The van der Waals surface area contributed by atoms with Crippen LogP contribution in [0, 0.1) is 0 Å². The molecule has 1 atom stereocenters. The van der Waals surface area contributed by atoms with Crippen LogP contribution in [-0.4, -0.2) is 41.7 Å². The Kier molecular flexibility index (Phi) is 9.57. The van der Waals surface area contributed by atoms with Gasteiger partial charge in [-0.25, -0.2) is 0 Å². The van der Waals surface area contributed by atoms with E-state index in [9.17, 15) is 4.79 Å². The quantitative estimate of drug-likeness (QED) is 0.435. The maximum Gasteiger partial charge on any atom is 0.303 e. The number of likely N-dealkylation sites (tertiary alicyclic amines) is 1. The van der Waals surface area contributed by atoms with Gasteiger partial charge in [0.15, 0.2) is 0 Å². The smallest absolute Gasteiger partial charge is 0.303 e. The molecule has 0 saturated carbocycles. The first-order valence-electron chi connectivity index (χ1n) is 11.9. The number of hydrogen-bond acceptors (Lipinski definition) is 3. The number of aryl methyl sites for hydroxylation is 1. The summed E-state index contributed by atoms with van der Waals surface area (Å²) in [7, 11) is 0. The summed E-state index contributed by atoms with van der Waals surface area (Å²) in [5.74, 6) is -0.683. The zero-order valence-electron chi connectivity index (χ0n) is 18.8. The van der Waals surface area contributed by atoms with E-state index in [1.54, 1.807) is 0 Å². The van der Waals surface area contributed by atoms with E-state index in [0.717, 1.165) is 64.6 Å². The summed E-state index contributed by atoms with van der Waals surface area (Å²) >= 11 is 0. The minimum Gasteiger partial charge on any atom is -0.481 e. The van der Waals surface area contributed by atoms with E-state index in [4.69, 9.17) is 9.84 Å². The van der Waals surface area contributed by atoms with Crippen molar-refractivity contribution in [2.75, 3.05) is 19.6 Å². The van der Waals surface area contributed by atoms with Gasteiger partial charge in [-0.1, -0.05) is 74.4 Å². The van der Waals surface area contributed by atoms with Crippen molar-refractivity contribution in [3.05, 3.63) is 71.3 Å². The Bertz CT molecular complexity index is 767. The van der Waals surface area contributed by atoms with Crippen LogP contribution in [-0.2, 0) is 16.0 Å². The third kappa shape index (κ3) is 7.79. The third-order valence-electron chi connectivity index (χ3n) is 6.27. The molecule has 0 bridgehead atoms. The van der Waals surface area contributed by atoms with Crippen molar-refractivity contribution in [2.45, 2.75) is 70.5 Å². The van der Waals surface area contributed by atoms with Gasteiger partial charge in [0.2, 0.25) is 0 Å². The highest BCUT2D eigenvalue weighted by molar-refractivity contribution is 5.66. The molecule has 4 heteroatoms. The Morgan fingerprint density at radius 3 is 2.26 bits per heavy atom. The molecule has 1 aliphatic rings. The van der Waals surface area contributed by atoms with Gasteiger partial charge < -0.3 is 14.7 Å². The highest BCUT2D eigenvalue weighted by Gasteiger charge is 2.24. The van der Waals surface area contributed by atoms with Crippen molar-refractivity contribution in [3.8, 4) is 0 Å². The highest BCUT2D eigenvalue weighted by Crippen LogP contribution is 2.30. The van der Waals surface area contributed by atoms with E-state index < -0.39 is 5.97 Å². The van der Waals surface area contributed by atoms with Crippen molar-refractivity contribution in [3.63, 3.8) is 0 Å². The molecule has 0 radical (unpaired) electrons. The molecule has 1 N–H and O–H groups in total. The number of aliphatic carboxylic acids is 1. The molecule has 0 aliphatic carbocycles. The lowest BCUT2D eigenvalue weighted by Crippen LogP contribution is -2.38. The Hall–Kier alpha value is -2.17. The summed E-state index contributed by atoms with van der Waals surface area (Å²) in [6, 6.07) is 19.4. The molecule has 1 saturated heterocycles. The van der Waals surface area contributed by atoms with Crippen molar-refractivity contribution in [1.29, 1.82) is 0 Å². The molecule has 31 heavy (non-hydrogen) atoms. The Morgan fingerprint density at radius 1 is 0.968 bits per heavy atom. The van der Waals surface area contributed by atoms with Crippen molar-refractivity contribution in [2.24, 2.45) is 0 Å². The maximum absolute atomic E-state index is 10.6. The van der Waals surface area contributed by atoms with Gasteiger partial charge in [-0.15, -0.1) is 0 Å². The van der Waals surface area contributed by atoms with Crippen LogP contribution in [0.15, 0.2) is 54.6 Å². The number of carboxylic acids is 1. The minimum absolute atomic E-state index is 0.0158. The summed E-state index contributed by atoms with van der Waals surface area (Å²) < 4.78 is 6.68. The average molecular weight is 424 g/mol. The van der Waals surface area contributed by atoms with Crippen molar-refractivity contribution >= 4 is 5.97 Å². The molecular weight excluding hydrogens is 386 g/mol. The van der Waals surface area contributed by atoms with Crippen molar-refractivity contribution in [1.82, 2.24) is 4.90 Å². The minimum atomic E-state index is -0.683. The zero-order chi connectivity index (χ0) is 21.9. The average Bonchev–Trinajstić information content (AvgIpc) is 2.81. The van der Waals surface area contributed by atoms with Crippen LogP contribution in [0.2, 0.25) is 0 Å². The second kappa shape index (κ2) is 12.6. The summed E-state index contributed by atoms with van der Waals surface area (Å²) in [4.78, 5) is 13.1. The standard InChI is InChI=1S/C27H37NO3/c1-2-22-13-15-24(16-14-22)27(23-10-6-5-7-11-23)31-25-17-20-28(21-18-25)19-9-4-3-8-12-26(29)30/h5-7,10-11,13-16,25,27H,2-4,8-9,12,17-21H2,1H3,(H,29,30). The van der Waals surface area contributed by atoms with Gasteiger partial charge in [0.05, 0.1) is 6.10 Å². The SMILES string of the molecule is CCc1ccc(C(OC2CCN(CCCCCCC(=O)O)CC2)c2ccccc2)cc1. The third-order valence-corrected chi connectivity index (χ3v) is 6.27. The molecule has 0 spiro atoms. The highest BCUT2D eigenvalue weighted by atomic mass is 16.5. The van der Waals surface area contributed by atoms with E-state index in [0.29, 0.717) is 6.42 Å². The molecular formula is C27H37NO3. The number of rotatable bonds is 12. The fourth-order valence-electron chi connectivity index (χ4n) is 4.33. The maximum atomic E-state index is 10.6. The number of piperidine rings is 1. The topological polar surface area (TPSA) is 49.8 Å². The van der Waals surface area contributed by atoms with Gasteiger partial charge in [-0.2, -0.15) is 0 Å². The van der Waals surface area contributed by atoms with Crippen LogP contribution < -0.4 is 0 Å². The molecule has 3 rings (SSSR count). The molecule has 4 nitrogen and oxygen atoms in total. The Balaban J connectivity index is 1.48. The summed E-state index contributed by atoms with van der Waals surface area (Å²) in [5.41, 5.74) is 3.80. The number of unbranched alkanes of at least 4 members (excludes halogenated alkanes) is 3. The number of hydrogen-bond donors (Lipinski definition) is 1. The van der Waals surface area contributed by atoms with Crippen LogP contribution in [0.5, 0.6) is 0 Å². The summed E-state index contributed by atoms with van der Waals surface area (Å²) in [6.45, 7) is 5.45. The van der Waals surface area contributed by atoms with E-state index in [1.165, 1.54) is 16.7 Å². The fraction of sp³-hybridized carbons (Fsp3) is 0.519. The number of benzene rings is 2. The van der Waals surface area contributed by atoms with Crippen molar-refractivity contribution < 1.29 is 14.6 Å². The molecule has 0 amide bonds. The van der Waals surface area contributed by atoms with Crippen LogP contribution in [0.25, 0.3) is 0 Å². The van der Waals surface area contributed by atoms with E-state index in [-0.39, 0.29) is 12.2 Å². The lowest BCUT2D eigenvalue weighted by Gasteiger charge is -2.34. The molecule has 1 unspecified atom stereocenters. The Morgan fingerprint density at radius 2 is 1.61 bits per heavy atom. The first kappa shape index (κ1) is 23.5. The predicted octanol–water partition coefficient (Wildman–Crippen LogP) is 5.85. The lowest BCUT2D eigenvalue weighted by molar-refractivity contribution is -0.137. The van der Waals surface area contributed by atoms with Gasteiger partial charge in [-0.3, -0.25) is 4.79 Å². The van der Waals surface area contributed by atoms with Gasteiger partial charge in [0.25, 0.3) is 0 Å². The largest absolute Gasteiger partial charge is 0.481 e. The molecule has 1 heterocycles. The van der Waals surface area contributed by atoms with Crippen LogP contribution in [0.1, 0.15) is 74.7 Å². The molecule has 1 aliphatic heterocycles. The predicted molar refractivity (Wildman–Crippen MR) is 125 cm³/mol.